The molecule has 1 N–H and O–H groups in total. The van der Waals surface area contributed by atoms with Crippen molar-refractivity contribution in [3.05, 3.63) is 205 Å². The first-order chi connectivity index (χ1) is 24.0. The maximum atomic E-state index is 8.76. The molecule has 0 fully saturated rings. The number of fused-ring (bicyclic) bond motifs is 2. The summed E-state index contributed by atoms with van der Waals surface area (Å²) < 4.78 is 0. The summed E-state index contributed by atoms with van der Waals surface area (Å²) in [6.45, 7) is 6.25. The summed E-state index contributed by atoms with van der Waals surface area (Å²) in [6.07, 6.45) is 0. The number of hydrogen-bond donors (Lipinski definition) is 1. The van der Waals surface area contributed by atoms with Crippen LogP contribution in [0.1, 0.15) is 16.7 Å². The average molecular weight is 636 g/mol. The van der Waals surface area contributed by atoms with Crippen LogP contribution in [0.15, 0.2) is 188 Å². The van der Waals surface area contributed by atoms with E-state index in [0.29, 0.717) is 5.75 Å². The largest absolute Gasteiger partial charge is 0.508 e. The SMILES string of the molecule is Cc1ccc(-c2ccc(N(c3ccccc3)c3cccc4ccccc34)cc2)cc1.Cc1ccc(O)cc1.Cc1cccc2ccccc12. The fraction of sp³-hybridized carbons (Fsp3) is 0.0638. The molecule has 0 saturated carbocycles. The molecule has 0 aromatic heterocycles. The van der Waals surface area contributed by atoms with E-state index in [1.165, 1.54) is 55.0 Å². The fourth-order valence-corrected chi connectivity index (χ4v) is 5.89. The predicted octanol–water partition coefficient (Wildman–Crippen LogP) is 13.1. The van der Waals surface area contributed by atoms with Crippen molar-refractivity contribution >= 4 is 38.6 Å². The lowest BCUT2D eigenvalue weighted by Gasteiger charge is -2.27. The Morgan fingerprint density at radius 3 is 1.41 bits per heavy atom. The third-order valence-electron chi connectivity index (χ3n) is 8.57. The van der Waals surface area contributed by atoms with E-state index in [1.807, 2.05) is 19.1 Å². The Morgan fingerprint density at radius 1 is 0.367 bits per heavy atom. The van der Waals surface area contributed by atoms with Crippen molar-refractivity contribution in [3.63, 3.8) is 0 Å². The van der Waals surface area contributed by atoms with Crippen LogP contribution < -0.4 is 4.90 Å². The Labute approximate surface area is 290 Å². The van der Waals surface area contributed by atoms with Gasteiger partial charge < -0.3 is 10.0 Å². The zero-order valence-electron chi connectivity index (χ0n) is 28.3. The molecule has 2 heteroatoms. The van der Waals surface area contributed by atoms with Gasteiger partial charge in [-0.25, -0.2) is 0 Å². The van der Waals surface area contributed by atoms with Gasteiger partial charge in [-0.1, -0.05) is 157 Å². The van der Waals surface area contributed by atoms with Gasteiger partial charge in [-0.15, -0.1) is 0 Å². The number of phenols is 1. The van der Waals surface area contributed by atoms with E-state index in [2.05, 4.69) is 183 Å². The molecule has 2 nitrogen and oxygen atoms in total. The second kappa shape index (κ2) is 15.6. The highest BCUT2D eigenvalue weighted by molar-refractivity contribution is 5.99. The van der Waals surface area contributed by atoms with E-state index >= 15 is 0 Å². The molecule has 49 heavy (non-hydrogen) atoms. The van der Waals surface area contributed by atoms with Gasteiger partial charge in [0.2, 0.25) is 0 Å². The lowest BCUT2D eigenvalue weighted by Crippen LogP contribution is -2.10. The van der Waals surface area contributed by atoms with Gasteiger partial charge >= 0.3 is 0 Å². The Morgan fingerprint density at radius 2 is 0.816 bits per heavy atom. The second-order valence-corrected chi connectivity index (χ2v) is 12.2. The normalized spacial score (nSPS) is 10.4. The molecular formula is C47H41NO. The first kappa shape index (κ1) is 32.8. The van der Waals surface area contributed by atoms with Gasteiger partial charge in [-0.05, 0) is 96.1 Å². The molecular weight excluding hydrogens is 595 g/mol. The predicted molar refractivity (Wildman–Crippen MR) is 210 cm³/mol. The standard InChI is InChI=1S/C29H23N.C11H10.C7H8O/c1-22-14-16-23(17-15-22)24-18-20-27(21-19-24)30(26-10-3-2-4-11-26)29-13-7-9-25-8-5-6-12-28(25)29;1-9-5-4-7-10-6-2-3-8-11(9)10;1-6-2-4-7(8)5-3-6/h2-21H,1H3;2-8H,1H3;2-5,8H,1H3. The smallest absolute Gasteiger partial charge is 0.115 e. The lowest BCUT2D eigenvalue weighted by molar-refractivity contribution is 0.475. The number of aromatic hydroxyl groups is 1. The zero-order chi connectivity index (χ0) is 34.0. The first-order valence-corrected chi connectivity index (χ1v) is 16.7. The average Bonchev–Trinajstić information content (AvgIpc) is 3.15. The quantitative estimate of drug-likeness (QED) is 0.208. The maximum Gasteiger partial charge on any atom is 0.115 e. The highest BCUT2D eigenvalue weighted by Crippen LogP contribution is 2.39. The molecule has 0 saturated heterocycles. The summed E-state index contributed by atoms with van der Waals surface area (Å²) in [5.74, 6) is 0.329. The monoisotopic (exact) mass is 635 g/mol. The summed E-state index contributed by atoms with van der Waals surface area (Å²) in [4.78, 5) is 2.33. The molecule has 0 bridgehead atoms. The summed E-state index contributed by atoms with van der Waals surface area (Å²) >= 11 is 0. The molecule has 240 valence electrons. The van der Waals surface area contributed by atoms with Crippen molar-refractivity contribution in [2.45, 2.75) is 20.8 Å². The van der Waals surface area contributed by atoms with E-state index in [1.54, 1.807) is 12.1 Å². The van der Waals surface area contributed by atoms with Crippen molar-refractivity contribution < 1.29 is 5.11 Å². The molecule has 0 aliphatic carbocycles. The van der Waals surface area contributed by atoms with Gasteiger partial charge in [-0.2, -0.15) is 0 Å². The van der Waals surface area contributed by atoms with Gasteiger partial charge in [0.15, 0.2) is 0 Å². The summed E-state index contributed by atoms with van der Waals surface area (Å²) in [7, 11) is 0. The number of hydrogen-bond acceptors (Lipinski definition) is 2. The minimum atomic E-state index is 0.329. The minimum Gasteiger partial charge on any atom is -0.508 e. The summed E-state index contributed by atoms with van der Waals surface area (Å²) in [5, 5.41) is 13.9. The topological polar surface area (TPSA) is 23.5 Å². The molecule has 8 rings (SSSR count). The van der Waals surface area contributed by atoms with E-state index in [9.17, 15) is 0 Å². The van der Waals surface area contributed by atoms with E-state index < -0.39 is 0 Å². The number of nitrogens with zero attached hydrogens (tertiary/aromatic N) is 1. The molecule has 0 atom stereocenters. The van der Waals surface area contributed by atoms with Crippen LogP contribution in [0.5, 0.6) is 5.75 Å². The van der Waals surface area contributed by atoms with Gasteiger partial charge in [0.05, 0.1) is 5.69 Å². The molecule has 8 aromatic rings. The van der Waals surface area contributed by atoms with Crippen LogP contribution in [0.3, 0.4) is 0 Å². The van der Waals surface area contributed by atoms with Crippen molar-refractivity contribution in [1.29, 1.82) is 0 Å². The highest BCUT2D eigenvalue weighted by atomic mass is 16.3. The van der Waals surface area contributed by atoms with Crippen LogP contribution in [0.4, 0.5) is 17.1 Å². The number of rotatable bonds is 4. The third-order valence-corrected chi connectivity index (χ3v) is 8.57. The van der Waals surface area contributed by atoms with E-state index in [-0.39, 0.29) is 0 Å². The summed E-state index contributed by atoms with van der Waals surface area (Å²) in [6, 6.07) is 65.1. The minimum absolute atomic E-state index is 0.329. The van der Waals surface area contributed by atoms with Gasteiger partial charge in [-0.3, -0.25) is 0 Å². The number of benzene rings is 8. The Bertz CT molecular complexity index is 2210. The van der Waals surface area contributed by atoms with Gasteiger partial charge in [0.1, 0.15) is 5.75 Å². The first-order valence-electron chi connectivity index (χ1n) is 16.7. The Kier molecular flexibility index (Phi) is 10.5. The van der Waals surface area contributed by atoms with Crippen LogP contribution in [0, 0.1) is 20.8 Å². The molecule has 0 radical (unpaired) electrons. The molecule has 0 spiro atoms. The van der Waals surface area contributed by atoms with Gasteiger partial charge in [0.25, 0.3) is 0 Å². The number of anilines is 3. The number of aryl methyl sites for hydroxylation is 3. The maximum absolute atomic E-state index is 8.76. The molecule has 0 unspecified atom stereocenters. The highest BCUT2D eigenvalue weighted by Gasteiger charge is 2.15. The van der Waals surface area contributed by atoms with Crippen LogP contribution >= 0.6 is 0 Å². The van der Waals surface area contributed by atoms with Crippen LogP contribution in [0.25, 0.3) is 32.7 Å². The van der Waals surface area contributed by atoms with Crippen molar-refractivity contribution in [1.82, 2.24) is 0 Å². The Balaban J connectivity index is 0.000000177. The number of phenolic OH excluding ortho intramolecular Hbond substituents is 1. The molecule has 0 aliphatic rings. The molecule has 0 aliphatic heterocycles. The molecule has 8 aromatic carbocycles. The lowest BCUT2D eigenvalue weighted by atomic mass is 10.0. The molecule has 0 heterocycles. The van der Waals surface area contributed by atoms with E-state index in [0.717, 1.165) is 11.4 Å². The second-order valence-electron chi connectivity index (χ2n) is 12.2. The Hall–Kier alpha value is -6.12. The molecule has 0 amide bonds. The number of para-hydroxylation sites is 1. The van der Waals surface area contributed by atoms with Crippen LogP contribution in [0.2, 0.25) is 0 Å². The van der Waals surface area contributed by atoms with Crippen molar-refractivity contribution in [2.75, 3.05) is 4.90 Å². The van der Waals surface area contributed by atoms with Crippen molar-refractivity contribution in [3.8, 4) is 16.9 Å². The van der Waals surface area contributed by atoms with Crippen molar-refractivity contribution in [2.24, 2.45) is 0 Å². The van der Waals surface area contributed by atoms with Gasteiger partial charge in [0, 0.05) is 16.8 Å². The summed E-state index contributed by atoms with van der Waals surface area (Å²) in [5.41, 5.74) is 9.74. The van der Waals surface area contributed by atoms with E-state index in [4.69, 9.17) is 5.11 Å². The zero-order valence-corrected chi connectivity index (χ0v) is 28.3. The van der Waals surface area contributed by atoms with Crippen LogP contribution in [-0.2, 0) is 0 Å². The third kappa shape index (κ3) is 8.25. The fourth-order valence-electron chi connectivity index (χ4n) is 5.89. The van der Waals surface area contributed by atoms with Crippen LogP contribution in [-0.4, -0.2) is 5.11 Å².